The zero-order valence-corrected chi connectivity index (χ0v) is 7.80. The molecule has 0 rings (SSSR count). The van der Waals surface area contributed by atoms with Crippen molar-refractivity contribution in [2.75, 3.05) is 13.7 Å². The van der Waals surface area contributed by atoms with Gasteiger partial charge >= 0.3 is 0 Å². The minimum atomic E-state index is -0.482. The van der Waals surface area contributed by atoms with Crippen LogP contribution in [0.1, 0.15) is 26.2 Å². The van der Waals surface area contributed by atoms with Gasteiger partial charge in [-0.3, -0.25) is 4.79 Å². The van der Waals surface area contributed by atoms with Crippen molar-refractivity contribution in [3.8, 4) is 0 Å². The number of primary amides is 1. The van der Waals surface area contributed by atoms with E-state index in [1.165, 1.54) is 0 Å². The molecule has 0 fully saturated rings. The second-order valence-corrected chi connectivity index (χ2v) is 3.39. The molecule has 0 bridgehead atoms. The molecule has 0 aliphatic rings. The first-order valence-electron chi connectivity index (χ1n) is 4.04. The fraction of sp³-hybridized carbons (Fsp3) is 0.875. The summed E-state index contributed by atoms with van der Waals surface area (Å²) in [5, 5.41) is 0. The quantitative estimate of drug-likeness (QED) is 0.556. The summed E-state index contributed by atoms with van der Waals surface area (Å²) in [6, 6.07) is 0. The van der Waals surface area contributed by atoms with Crippen LogP contribution in [-0.4, -0.2) is 25.2 Å². The Morgan fingerprint density at radius 3 is 2.58 bits per heavy atom. The van der Waals surface area contributed by atoms with Crippen LogP contribution < -0.4 is 11.5 Å². The van der Waals surface area contributed by atoms with E-state index in [2.05, 4.69) is 0 Å². The molecule has 0 aromatic heterocycles. The third kappa shape index (κ3) is 6.12. The van der Waals surface area contributed by atoms with Crippen LogP contribution in [0.5, 0.6) is 0 Å². The maximum Gasteiger partial charge on any atom is 0.219 e. The molecule has 72 valence electrons. The summed E-state index contributed by atoms with van der Waals surface area (Å²) in [7, 11) is 1.64. The summed E-state index contributed by atoms with van der Waals surface area (Å²) in [5.41, 5.74) is 10.4. The largest absolute Gasteiger partial charge is 0.385 e. The van der Waals surface area contributed by atoms with Crippen molar-refractivity contribution in [1.29, 1.82) is 0 Å². The number of carbonyl (C=O) groups excluding carboxylic acids is 1. The van der Waals surface area contributed by atoms with Gasteiger partial charge in [0, 0.05) is 25.7 Å². The standard InChI is InChI=1S/C8H18N2O2/c1-8(10,6-7(9)11)4-3-5-12-2/h3-6,10H2,1-2H3,(H2,9,11). The first kappa shape index (κ1) is 11.4. The SMILES string of the molecule is COCCCC(C)(N)CC(N)=O. The molecule has 4 N–H and O–H groups in total. The van der Waals surface area contributed by atoms with Crippen LogP contribution in [0.2, 0.25) is 0 Å². The van der Waals surface area contributed by atoms with Crippen molar-refractivity contribution in [2.45, 2.75) is 31.7 Å². The molecular weight excluding hydrogens is 156 g/mol. The molecule has 0 saturated heterocycles. The van der Waals surface area contributed by atoms with Crippen LogP contribution in [0.3, 0.4) is 0 Å². The number of methoxy groups -OCH3 is 1. The summed E-state index contributed by atoms with van der Waals surface area (Å²) in [4.78, 5) is 10.6. The van der Waals surface area contributed by atoms with Gasteiger partial charge in [-0.05, 0) is 19.8 Å². The molecule has 0 radical (unpaired) electrons. The van der Waals surface area contributed by atoms with E-state index < -0.39 is 5.54 Å². The molecule has 0 aromatic rings. The predicted molar refractivity (Wildman–Crippen MR) is 47.5 cm³/mol. The van der Waals surface area contributed by atoms with Crippen LogP contribution in [0.15, 0.2) is 0 Å². The molecule has 4 nitrogen and oxygen atoms in total. The number of rotatable bonds is 6. The summed E-state index contributed by atoms with van der Waals surface area (Å²) in [6.45, 7) is 2.50. The molecule has 1 amide bonds. The summed E-state index contributed by atoms with van der Waals surface area (Å²) in [5.74, 6) is -0.350. The maximum absolute atomic E-state index is 10.6. The fourth-order valence-electron chi connectivity index (χ4n) is 1.11. The average Bonchev–Trinajstić information content (AvgIpc) is 1.84. The lowest BCUT2D eigenvalue weighted by Gasteiger charge is -2.22. The number of amides is 1. The van der Waals surface area contributed by atoms with E-state index in [0.717, 1.165) is 12.8 Å². The van der Waals surface area contributed by atoms with Gasteiger partial charge in [-0.2, -0.15) is 0 Å². The van der Waals surface area contributed by atoms with E-state index in [1.807, 2.05) is 6.92 Å². The smallest absolute Gasteiger partial charge is 0.219 e. The number of carbonyl (C=O) groups is 1. The number of nitrogens with two attached hydrogens (primary N) is 2. The summed E-state index contributed by atoms with van der Waals surface area (Å²) in [6.07, 6.45) is 1.84. The van der Waals surface area contributed by atoms with E-state index in [1.54, 1.807) is 7.11 Å². The second-order valence-electron chi connectivity index (χ2n) is 3.39. The molecule has 4 heteroatoms. The molecular formula is C8H18N2O2. The van der Waals surface area contributed by atoms with Gasteiger partial charge < -0.3 is 16.2 Å². The number of ether oxygens (including phenoxy) is 1. The van der Waals surface area contributed by atoms with Crippen molar-refractivity contribution >= 4 is 5.91 Å². The zero-order valence-electron chi connectivity index (χ0n) is 7.80. The first-order chi connectivity index (χ1) is 5.48. The highest BCUT2D eigenvalue weighted by Gasteiger charge is 2.20. The molecule has 1 unspecified atom stereocenters. The summed E-state index contributed by atoms with van der Waals surface area (Å²) >= 11 is 0. The second kappa shape index (κ2) is 5.11. The van der Waals surface area contributed by atoms with Gasteiger partial charge in [-0.1, -0.05) is 0 Å². The van der Waals surface area contributed by atoms with Crippen LogP contribution in [0.25, 0.3) is 0 Å². The normalized spacial score (nSPS) is 15.6. The van der Waals surface area contributed by atoms with Gasteiger partial charge in [0.05, 0.1) is 0 Å². The highest BCUT2D eigenvalue weighted by atomic mass is 16.5. The molecule has 0 aliphatic heterocycles. The lowest BCUT2D eigenvalue weighted by Crippen LogP contribution is -2.40. The minimum Gasteiger partial charge on any atom is -0.385 e. The Bertz CT molecular complexity index is 146. The van der Waals surface area contributed by atoms with Crippen molar-refractivity contribution < 1.29 is 9.53 Å². The van der Waals surface area contributed by atoms with E-state index in [-0.39, 0.29) is 12.3 Å². The van der Waals surface area contributed by atoms with Crippen LogP contribution in [0, 0.1) is 0 Å². The molecule has 0 aromatic carbocycles. The van der Waals surface area contributed by atoms with Crippen LogP contribution in [-0.2, 0) is 9.53 Å². The maximum atomic E-state index is 10.6. The zero-order chi connectivity index (χ0) is 9.61. The third-order valence-electron chi connectivity index (χ3n) is 1.67. The van der Waals surface area contributed by atoms with E-state index in [4.69, 9.17) is 16.2 Å². The fourth-order valence-corrected chi connectivity index (χ4v) is 1.11. The molecule has 0 spiro atoms. The molecule has 0 aliphatic carbocycles. The Kier molecular flexibility index (Phi) is 4.85. The predicted octanol–water partition coefficient (Wildman–Crippen LogP) is 0.00580. The van der Waals surface area contributed by atoms with Gasteiger partial charge in [-0.25, -0.2) is 0 Å². The lowest BCUT2D eigenvalue weighted by atomic mass is 9.93. The van der Waals surface area contributed by atoms with Crippen LogP contribution >= 0.6 is 0 Å². The summed E-state index contributed by atoms with van der Waals surface area (Å²) < 4.78 is 4.87. The number of hydrogen-bond donors (Lipinski definition) is 2. The minimum absolute atomic E-state index is 0.233. The van der Waals surface area contributed by atoms with Gasteiger partial charge in [0.15, 0.2) is 0 Å². The van der Waals surface area contributed by atoms with Crippen LogP contribution in [0.4, 0.5) is 0 Å². The third-order valence-corrected chi connectivity index (χ3v) is 1.67. The molecule has 0 saturated carbocycles. The van der Waals surface area contributed by atoms with Crippen molar-refractivity contribution in [3.63, 3.8) is 0 Å². The highest BCUT2D eigenvalue weighted by molar-refractivity contribution is 5.75. The Hall–Kier alpha value is -0.610. The average molecular weight is 174 g/mol. The Morgan fingerprint density at radius 1 is 1.58 bits per heavy atom. The van der Waals surface area contributed by atoms with Crippen molar-refractivity contribution in [1.82, 2.24) is 0 Å². The Morgan fingerprint density at radius 2 is 2.17 bits per heavy atom. The molecule has 0 heterocycles. The van der Waals surface area contributed by atoms with Crippen molar-refractivity contribution in [3.05, 3.63) is 0 Å². The van der Waals surface area contributed by atoms with Gasteiger partial charge in [-0.15, -0.1) is 0 Å². The lowest BCUT2D eigenvalue weighted by molar-refractivity contribution is -0.119. The van der Waals surface area contributed by atoms with Gasteiger partial charge in [0.2, 0.25) is 5.91 Å². The number of hydrogen-bond acceptors (Lipinski definition) is 3. The first-order valence-corrected chi connectivity index (χ1v) is 4.04. The Balaban J connectivity index is 3.63. The monoisotopic (exact) mass is 174 g/mol. The topological polar surface area (TPSA) is 78.3 Å². The van der Waals surface area contributed by atoms with Gasteiger partial charge in [0.1, 0.15) is 0 Å². The highest BCUT2D eigenvalue weighted by Crippen LogP contribution is 2.12. The van der Waals surface area contributed by atoms with Crippen molar-refractivity contribution in [2.24, 2.45) is 11.5 Å². The molecule has 12 heavy (non-hydrogen) atoms. The van der Waals surface area contributed by atoms with Gasteiger partial charge in [0.25, 0.3) is 0 Å². The Labute approximate surface area is 73.2 Å². The van der Waals surface area contributed by atoms with E-state index in [9.17, 15) is 4.79 Å². The van der Waals surface area contributed by atoms with E-state index in [0.29, 0.717) is 6.61 Å². The molecule has 1 atom stereocenters. The van der Waals surface area contributed by atoms with E-state index >= 15 is 0 Å².